The molecule has 0 unspecified atom stereocenters. The fourth-order valence-electron chi connectivity index (χ4n) is 1.50. The summed E-state index contributed by atoms with van der Waals surface area (Å²) in [6, 6.07) is 6.26. The van der Waals surface area contributed by atoms with Gasteiger partial charge in [0.2, 0.25) is 0 Å². The highest BCUT2D eigenvalue weighted by Crippen LogP contribution is 2.20. The predicted molar refractivity (Wildman–Crippen MR) is 71.4 cm³/mol. The standard InChI is InChI=1S/C13H19NO3S/c1-9(2)14-13(15)11-7-5-6-8-12(11)18(16,17)10(3)4/h5-10H,1-4H3,(H,14,15). The minimum absolute atomic E-state index is 0.0349. The van der Waals surface area contributed by atoms with Gasteiger partial charge in [0.15, 0.2) is 9.84 Å². The molecule has 4 nitrogen and oxygen atoms in total. The molecule has 0 saturated heterocycles. The minimum atomic E-state index is -3.45. The van der Waals surface area contributed by atoms with Crippen LogP contribution in [0.5, 0.6) is 0 Å². The first-order valence-corrected chi connectivity index (χ1v) is 7.45. The maximum Gasteiger partial charge on any atom is 0.252 e. The maximum absolute atomic E-state index is 12.2. The molecule has 0 aromatic heterocycles. The summed E-state index contributed by atoms with van der Waals surface area (Å²) in [6.45, 7) is 6.87. The van der Waals surface area contributed by atoms with Gasteiger partial charge in [0, 0.05) is 6.04 Å². The highest BCUT2D eigenvalue weighted by molar-refractivity contribution is 7.92. The van der Waals surface area contributed by atoms with Gasteiger partial charge in [-0.25, -0.2) is 8.42 Å². The second kappa shape index (κ2) is 5.52. The van der Waals surface area contributed by atoms with Crippen LogP contribution in [0.15, 0.2) is 29.2 Å². The Morgan fingerprint density at radius 3 is 2.17 bits per heavy atom. The van der Waals surface area contributed by atoms with E-state index in [1.165, 1.54) is 12.1 Å². The Kier molecular flexibility index (Phi) is 4.51. The minimum Gasteiger partial charge on any atom is -0.350 e. The van der Waals surface area contributed by atoms with Crippen molar-refractivity contribution in [1.29, 1.82) is 0 Å². The fourth-order valence-corrected chi connectivity index (χ4v) is 2.74. The van der Waals surface area contributed by atoms with E-state index in [0.717, 1.165) is 0 Å². The highest BCUT2D eigenvalue weighted by atomic mass is 32.2. The van der Waals surface area contributed by atoms with Gasteiger partial charge in [0.05, 0.1) is 15.7 Å². The monoisotopic (exact) mass is 269 g/mol. The van der Waals surface area contributed by atoms with Crippen LogP contribution in [0.25, 0.3) is 0 Å². The van der Waals surface area contributed by atoms with Crippen molar-refractivity contribution in [3.63, 3.8) is 0 Å². The second-order valence-corrected chi connectivity index (χ2v) is 7.19. The number of benzene rings is 1. The van der Waals surface area contributed by atoms with Crippen LogP contribution < -0.4 is 5.32 Å². The number of sulfone groups is 1. The van der Waals surface area contributed by atoms with E-state index in [1.54, 1.807) is 26.0 Å². The second-order valence-electron chi connectivity index (χ2n) is 4.72. The molecule has 1 aromatic rings. The van der Waals surface area contributed by atoms with Crippen molar-refractivity contribution in [3.05, 3.63) is 29.8 Å². The molecule has 100 valence electrons. The van der Waals surface area contributed by atoms with Crippen LogP contribution in [0, 0.1) is 0 Å². The molecule has 1 aromatic carbocycles. The van der Waals surface area contributed by atoms with E-state index in [1.807, 2.05) is 13.8 Å². The Labute approximate surface area is 108 Å². The molecular formula is C13H19NO3S. The van der Waals surface area contributed by atoms with Gasteiger partial charge >= 0.3 is 0 Å². The Hall–Kier alpha value is -1.36. The topological polar surface area (TPSA) is 63.2 Å². The molecule has 0 bridgehead atoms. The third kappa shape index (κ3) is 3.10. The van der Waals surface area contributed by atoms with E-state index in [9.17, 15) is 13.2 Å². The van der Waals surface area contributed by atoms with E-state index in [2.05, 4.69) is 5.32 Å². The zero-order valence-corrected chi connectivity index (χ0v) is 11.9. The van der Waals surface area contributed by atoms with Gasteiger partial charge in [-0.1, -0.05) is 12.1 Å². The third-order valence-corrected chi connectivity index (χ3v) is 4.69. The molecule has 0 saturated carbocycles. The predicted octanol–water partition coefficient (Wildman–Crippen LogP) is 2.01. The first-order valence-electron chi connectivity index (χ1n) is 5.90. The summed E-state index contributed by atoms with van der Waals surface area (Å²) in [5.41, 5.74) is 0.208. The molecule has 1 N–H and O–H groups in total. The molecule has 0 aliphatic rings. The van der Waals surface area contributed by atoms with E-state index >= 15 is 0 Å². The average Bonchev–Trinajstić information content (AvgIpc) is 2.27. The van der Waals surface area contributed by atoms with Crippen LogP contribution in [0.3, 0.4) is 0 Å². The lowest BCUT2D eigenvalue weighted by Crippen LogP contribution is -2.31. The normalized spacial score (nSPS) is 11.9. The Morgan fingerprint density at radius 1 is 1.11 bits per heavy atom. The van der Waals surface area contributed by atoms with Gasteiger partial charge in [-0.3, -0.25) is 4.79 Å². The first-order chi connectivity index (χ1) is 8.26. The van der Waals surface area contributed by atoms with Gasteiger partial charge in [0.1, 0.15) is 0 Å². The lowest BCUT2D eigenvalue weighted by Gasteiger charge is -2.14. The van der Waals surface area contributed by atoms with Crippen molar-refractivity contribution in [2.75, 3.05) is 0 Å². The van der Waals surface area contributed by atoms with E-state index in [-0.39, 0.29) is 22.4 Å². The van der Waals surface area contributed by atoms with E-state index in [4.69, 9.17) is 0 Å². The SMILES string of the molecule is CC(C)NC(=O)c1ccccc1S(=O)(=O)C(C)C. The van der Waals surface area contributed by atoms with Gasteiger partial charge < -0.3 is 5.32 Å². The number of hydrogen-bond donors (Lipinski definition) is 1. The molecule has 18 heavy (non-hydrogen) atoms. The maximum atomic E-state index is 12.2. The van der Waals surface area contributed by atoms with E-state index < -0.39 is 15.1 Å². The average molecular weight is 269 g/mol. The molecule has 5 heteroatoms. The van der Waals surface area contributed by atoms with Crippen molar-refractivity contribution in [3.8, 4) is 0 Å². The lowest BCUT2D eigenvalue weighted by atomic mass is 10.2. The number of hydrogen-bond acceptors (Lipinski definition) is 3. The van der Waals surface area contributed by atoms with Gasteiger partial charge in [-0.15, -0.1) is 0 Å². The molecule has 1 amide bonds. The summed E-state index contributed by atoms with van der Waals surface area (Å²) in [4.78, 5) is 12.1. The quantitative estimate of drug-likeness (QED) is 0.909. The number of carbonyl (C=O) groups is 1. The summed E-state index contributed by atoms with van der Waals surface area (Å²) in [6.07, 6.45) is 0. The number of amides is 1. The summed E-state index contributed by atoms with van der Waals surface area (Å²) < 4.78 is 24.3. The van der Waals surface area contributed by atoms with Crippen LogP contribution >= 0.6 is 0 Å². The number of rotatable bonds is 4. The lowest BCUT2D eigenvalue weighted by molar-refractivity contribution is 0.0940. The van der Waals surface area contributed by atoms with Gasteiger partial charge in [-0.05, 0) is 39.8 Å². The molecular weight excluding hydrogens is 250 g/mol. The zero-order valence-electron chi connectivity index (χ0n) is 11.1. The molecule has 0 aliphatic heterocycles. The number of nitrogens with one attached hydrogen (secondary N) is 1. The Morgan fingerprint density at radius 2 is 1.67 bits per heavy atom. The van der Waals surface area contributed by atoms with E-state index in [0.29, 0.717) is 0 Å². The molecule has 0 heterocycles. The summed E-state index contributed by atoms with van der Waals surface area (Å²) in [7, 11) is -3.45. The van der Waals surface area contributed by atoms with Crippen LogP contribution in [0.1, 0.15) is 38.1 Å². The van der Waals surface area contributed by atoms with Gasteiger partial charge in [0.25, 0.3) is 5.91 Å². The summed E-state index contributed by atoms with van der Waals surface area (Å²) >= 11 is 0. The summed E-state index contributed by atoms with van der Waals surface area (Å²) in [5, 5.41) is 2.16. The van der Waals surface area contributed by atoms with Gasteiger partial charge in [-0.2, -0.15) is 0 Å². The molecule has 0 spiro atoms. The molecule has 0 aliphatic carbocycles. The molecule has 1 rings (SSSR count). The van der Waals surface area contributed by atoms with Crippen LogP contribution in [0.4, 0.5) is 0 Å². The Bertz CT molecular complexity index is 533. The van der Waals surface area contributed by atoms with Crippen molar-refractivity contribution < 1.29 is 13.2 Å². The zero-order chi connectivity index (χ0) is 13.9. The molecule has 0 atom stereocenters. The van der Waals surface area contributed by atoms with Crippen molar-refractivity contribution in [1.82, 2.24) is 5.32 Å². The number of carbonyl (C=O) groups excluding carboxylic acids is 1. The highest BCUT2D eigenvalue weighted by Gasteiger charge is 2.25. The largest absolute Gasteiger partial charge is 0.350 e. The third-order valence-electron chi connectivity index (χ3n) is 2.48. The van der Waals surface area contributed by atoms with Crippen LogP contribution in [0.2, 0.25) is 0 Å². The first kappa shape index (κ1) is 14.7. The van der Waals surface area contributed by atoms with Crippen molar-refractivity contribution >= 4 is 15.7 Å². The van der Waals surface area contributed by atoms with Crippen LogP contribution in [-0.4, -0.2) is 25.6 Å². The molecule has 0 fully saturated rings. The summed E-state index contributed by atoms with van der Waals surface area (Å²) in [5.74, 6) is -0.357. The van der Waals surface area contributed by atoms with Crippen molar-refractivity contribution in [2.24, 2.45) is 0 Å². The Balaban J connectivity index is 3.28. The fraction of sp³-hybridized carbons (Fsp3) is 0.462. The van der Waals surface area contributed by atoms with Crippen molar-refractivity contribution in [2.45, 2.75) is 43.9 Å². The smallest absolute Gasteiger partial charge is 0.252 e. The van der Waals surface area contributed by atoms with Crippen LogP contribution in [-0.2, 0) is 9.84 Å². The molecule has 0 radical (unpaired) electrons.